The van der Waals surface area contributed by atoms with Gasteiger partial charge in [0.1, 0.15) is 5.75 Å². The molecule has 0 aliphatic heterocycles. The van der Waals surface area contributed by atoms with Crippen molar-refractivity contribution >= 4 is 17.6 Å². The van der Waals surface area contributed by atoms with Crippen LogP contribution in [0.15, 0.2) is 30.7 Å². The third-order valence-electron chi connectivity index (χ3n) is 4.18. The number of ether oxygens (including phenoxy) is 2. The van der Waals surface area contributed by atoms with Crippen molar-refractivity contribution in [2.24, 2.45) is 0 Å². The van der Waals surface area contributed by atoms with Crippen molar-refractivity contribution in [2.75, 3.05) is 26.1 Å². The van der Waals surface area contributed by atoms with E-state index in [-0.39, 0.29) is 25.0 Å². The van der Waals surface area contributed by atoms with E-state index in [9.17, 15) is 9.90 Å². The smallest absolute Gasteiger partial charge is 0.333 e. The second kappa shape index (κ2) is 9.82. The van der Waals surface area contributed by atoms with Crippen molar-refractivity contribution in [2.45, 2.75) is 19.6 Å². The zero-order valence-corrected chi connectivity index (χ0v) is 17.2. The molecule has 4 N–H and O–H groups in total. The molecule has 3 aromatic rings. The Hall–Kier alpha value is -3.77. The van der Waals surface area contributed by atoms with E-state index in [1.54, 1.807) is 19.5 Å². The lowest BCUT2D eigenvalue weighted by Crippen LogP contribution is -2.33. The monoisotopic (exact) mass is 429 g/mol. The number of benzene rings is 1. The third kappa shape index (κ3) is 5.65. The standard InChI is InChI=1S/C19H23N7O5/c1-11-9-26(10-21-11)13-5-4-12(6-15(13)30-2)22-18-23-16(24-19(25-18)31-3)8-20-7-14(27)17(28)29/h4-6,9-10,14,20,27H,7-8H2,1-3H3,(H,28,29)(H,22,23,24,25). The number of carboxylic acid groups (broad SMARTS) is 1. The van der Waals surface area contributed by atoms with Crippen molar-refractivity contribution in [3.63, 3.8) is 0 Å². The fraction of sp³-hybridized carbons (Fsp3) is 0.316. The van der Waals surface area contributed by atoms with E-state index >= 15 is 0 Å². The number of hydrogen-bond acceptors (Lipinski definition) is 10. The van der Waals surface area contributed by atoms with E-state index in [1.807, 2.05) is 29.8 Å². The molecule has 164 valence electrons. The topological polar surface area (TPSA) is 157 Å². The number of aliphatic hydroxyl groups excluding tert-OH is 1. The van der Waals surface area contributed by atoms with Crippen LogP contribution in [0.3, 0.4) is 0 Å². The maximum Gasteiger partial charge on any atom is 0.333 e. The minimum Gasteiger partial charge on any atom is -0.494 e. The van der Waals surface area contributed by atoms with Crippen molar-refractivity contribution in [1.29, 1.82) is 0 Å². The number of hydrogen-bond donors (Lipinski definition) is 4. The van der Waals surface area contributed by atoms with Gasteiger partial charge in [-0.1, -0.05) is 0 Å². The SMILES string of the molecule is COc1nc(CNCC(O)C(=O)O)nc(Nc2ccc(-n3cnc(C)c3)c(OC)c2)n1. The Labute approximate surface area is 177 Å². The van der Waals surface area contributed by atoms with Gasteiger partial charge in [-0.3, -0.25) is 0 Å². The number of nitrogens with one attached hydrogen (secondary N) is 2. The largest absolute Gasteiger partial charge is 0.494 e. The van der Waals surface area contributed by atoms with Crippen LogP contribution < -0.4 is 20.1 Å². The third-order valence-corrected chi connectivity index (χ3v) is 4.18. The molecule has 31 heavy (non-hydrogen) atoms. The molecule has 2 aromatic heterocycles. The predicted octanol–water partition coefficient (Wildman–Crippen LogP) is 0.662. The van der Waals surface area contributed by atoms with Crippen LogP contribution in [0.1, 0.15) is 11.5 Å². The molecule has 2 heterocycles. The van der Waals surface area contributed by atoms with Crippen LogP contribution >= 0.6 is 0 Å². The van der Waals surface area contributed by atoms with Gasteiger partial charge in [0.05, 0.1) is 38.5 Å². The Morgan fingerprint density at radius 1 is 1.23 bits per heavy atom. The number of rotatable bonds is 10. The van der Waals surface area contributed by atoms with Crippen molar-refractivity contribution in [3.8, 4) is 17.4 Å². The average molecular weight is 429 g/mol. The van der Waals surface area contributed by atoms with Gasteiger partial charge < -0.3 is 34.9 Å². The lowest BCUT2D eigenvalue weighted by molar-refractivity contribution is -0.146. The molecule has 0 radical (unpaired) electrons. The molecule has 0 saturated heterocycles. The molecule has 1 aromatic carbocycles. The molecule has 3 rings (SSSR count). The first-order valence-electron chi connectivity index (χ1n) is 9.26. The van der Waals surface area contributed by atoms with E-state index in [0.29, 0.717) is 17.3 Å². The summed E-state index contributed by atoms with van der Waals surface area (Å²) in [5.74, 6) is -0.153. The average Bonchev–Trinajstić information content (AvgIpc) is 3.19. The van der Waals surface area contributed by atoms with Crippen molar-refractivity contribution < 1.29 is 24.5 Å². The summed E-state index contributed by atoms with van der Waals surface area (Å²) in [6.07, 6.45) is 2.08. The van der Waals surface area contributed by atoms with Crippen LogP contribution in [-0.2, 0) is 11.3 Å². The van der Waals surface area contributed by atoms with Gasteiger partial charge in [-0.15, -0.1) is 0 Å². The van der Waals surface area contributed by atoms with Crippen LogP contribution in [0.5, 0.6) is 11.8 Å². The molecule has 0 aliphatic rings. The molecule has 12 nitrogen and oxygen atoms in total. The second-order valence-electron chi connectivity index (χ2n) is 6.48. The van der Waals surface area contributed by atoms with Crippen LogP contribution in [-0.4, -0.2) is 67.6 Å². The van der Waals surface area contributed by atoms with Crippen LogP contribution in [0.25, 0.3) is 5.69 Å². The summed E-state index contributed by atoms with van der Waals surface area (Å²) in [6, 6.07) is 5.59. The van der Waals surface area contributed by atoms with Gasteiger partial charge in [-0.05, 0) is 19.1 Å². The number of aliphatic carboxylic acids is 1. The van der Waals surface area contributed by atoms with Crippen LogP contribution in [0.4, 0.5) is 11.6 Å². The fourth-order valence-electron chi connectivity index (χ4n) is 2.68. The molecule has 12 heteroatoms. The number of aromatic nitrogens is 5. The number of imidazole rings is 1. The predicted molar refractivity (Wildman–Crippen MR) is 110 cm³/mol. The lowest BCUT2D eigenvalue weighted by atomic mass is 10.2. The zero-order chi connectivity index (χ0) is 22.4. The Morgan fingerprint density at radius 3 is 2.68 bits per heavy atom. The number of methoxy groups -OCH3 is 2. The maximum absolute atomic E-state index is 10.7. The summed E-state index contributed by atoms with van der Waals surface area (Å²) in [7, 11) is 3.00. The Morgan fingerprint density at radius 2 is 2.03 bits per heavy atom. The lowest BCUT2D eigenvalue weighted by Gasteiger charge is -2.13. The highest BCUT2D eigenvalue weighted by atomic mass is 16.5. The quantitative estimate of drug-likeness (QED) is 0.359. The number of nitrogens with zero attached hydrogens (tertiary/aromatic N) is 5. The molecule has 0 saturated carbocycles. The molecule has 1 atom stereocenters. The minimum atomic E-state index is -1.52. The fourth-order valence-corrected chi connectivity index (χ4v) is 2.68. The summed E-state index contributed by atoms with van der Waals surface area (Å²) in [5, 5.41) is 23.9. The van der Waals surface area contributed by atoms with Gasteiger partial charge in [0.2, 0.25) is 5.95 Å². The molecular weight excluding hydrogens is 406 g/mol. The Kier molecular flexibility index (Phi) is 6.95. The molecular formula is C19H23N7O5. The maximum atomic E-state index is 10.7. The summed E-state index contributed by atoms with van der Waals surface area (Å²) < 4.78 is 12.5. The molecule has 0 spiro atoms. The molecule has 0 bridgehead atoms. The van der Waals surface area contributed by atoms with E-state index < -0.39 is 12.1 Å². The highest BCUT2D eigenvalue weighted by molar-refractivity contribution is 5.72. The number of carbonyl (C=O) groups is 1. The van der Waals surface area contributed by atoms with Gasteiger partial charge in [0.15, 0.2) is 11.9 Å². The number of carboxylic acids is 1. The van der Waals surface area contributed by atoms with Crippen molar-refractivity contribution in [1.82, 2.24) is 29.8 Å². The zero-order valence-electron chi connectivity index (χ0n) is 17.2. The van der Waals surface area contributed by atoms with Crippen LogP contribution in [0.2, 0.25) is 0 Å². The minimum absolute atomic E-state index is 0.0885. The van der Waals surface area contributed by atoms with Gasteiger partial charge in [-0.2, -0.15) is 15.0 Å². The Bertz CT molecular complexity index is 1060. The summed E-state index contributed by atoms with van der Waals surface area (Å²) in [5.41, 5.74) is 2.38. The molecule has 1 unspecified atom stereocenters. The highest BCUT2D eigenvalue weighted by Crippen LogP contribution is 2.28. The van der Waals surface area contributed by atoms with Gasteiger partial charge in [0.25, 0.3) is 0 Å². The highest BCUT2D eigenvalue weighted by Gasteiger charge is 2.14. The number of anilines is 2. The number of aryl methyl sites for hydroxylation is 1. The molecule has 0 fully saturated rings. The first-order chi connectivity index (χ1) is 14.9. The first kappa shape index (κ1) is 21.9. The first-order valence-corrected chi connectivity index (χ1v) is 9.26. The summed E-state index contributed by atoms with van der Waals surface area (Å²) in [4.78, 5) is 27.5. The summed E-state index contributed by atoms with van der Waals surface area (Å²) in [6.45, 7) is 1.86. The number of aliphatic hydroxyl groups is 1. The Balaban J connectivity index is 1.77. The van der Waals surface area contributed by atoms with Gasteiger partial charge in [0, 0.05) is 24.5 Å². The van der Waals surface area contributed by atoms with E-state index in [2.05, 4.69) is 30.6 Å². The van der Waals surface area contributed by atoms with E-state index in [0.717, 1.165) is 11.4 Å². The van der Waals surface area contributed by atoms with E-state index in [1.165, 1.54) is 7.11 Å². The normalized spacial score (nSPS) is 11.7. The summed E-state index contributed by atoms with van der Waals surface area (Å²) >= 11 is 0. The molecule has 0 amide bonds. The van der Waals surface area contributed by atoms with Gasteiger partial charge >= 0.3 is 12.0 Å². The second-order valence-corrected chi connectivity index (χ2v) is 6.48. The molecule has 0 aliphatic carbocycles. The van der Waals surface area contributed by atoms with E-state index in [4.69, 9.17) is 14.6 Å². The van der Waals surface area contributed by atoms with Gasteiger partial charge in [-0.25, -0.2) is 9.78 Å². The van der Waals surface area contributed by atoms with Crippen molar-refractivity contribution in [3.05, 3.63) is 42.2 Å². The van der Waals surface area contributed by atoms with Crippen LogP contribution in [0, 0.1) is 6.92 Å².